The Morgan fingerprint density at radius 1 is 1.00 bits per heavy atom. The number of hydrogen-bond acceptors (Lipinski definition) is 7. The van der Waals surface area contributed by atoms with Crippen LogP contribution in [0.2, 0.25) is 0 Å². The van der Waals surface area contributed by atoms with E-state index in [9.17, 15) is 5.11 Å². The lowest BCUT2D eigenvalue weighted by molar-refractivity contribution is 0.280. The van der Waals surface area contributed by atoms with Crippen LogP contribution in [0.4, 0.5) is 5.95 Å². The second kappa shape index (κ2) is 7.84. The van der Waals surface area contributed by atoms with E-state index in [4.69, 9.17) is 0 Å². The quantitative estimate of drug-likeness (QED) is 0.402. The zero-order valence-corrected chi connectivity index (χ0v) is 16.0. The molecule has 0 spiro atoms. The van der Waals surface area contributed by atoms with Crippen molar-refractivity contribution < 1.29 is 5.11 Å². The van der Waals surface area contributed by atoms with Crippen LogP contribution in [0.3, 0.4) is 0 Å². The molecule has 0 saturated heterocycles. The average Bonchev–Trinajstić information content (AvgIpc) is 3.28. The summed E-state index contributed by atoms with van der Waals surface area (Å²) in [4.78, 5) is 17.7. The van der Waals surface area contributed by atoms with E-state index in [1.165, 1.54) is 6.33 Å². The Balaban J connectivity index is 1.47. The maximum Gasteiger partial charge on any atom is 0.223 e. The Morgan fingerprint density at radius 3 is 2.77 bits per heavy atom. The first kappa shape index (κ1) is 18.1. The van der Waals surface area contributed by atoms with Crippen LogP contribution >= 0.6 is 0 Å². The number of fused-ring (bicyclic) bond motifs is 2. The Labute approximate surface area is 172 Å². The maximum absolute atomic E-state index is 9.45. The van der Waals surface area contributed by atoms with Gasteiger partial charge in [0.25, 0.3) is 0 Å². The van der Waals surface area contributed by atoms with E-state index in [1.54, 1.807) is 12.4 Å². The van der Waals surface area contributed by atoms with Crippen molar-refractivity contribution in [1.82, 2.24) is 30.1 Å². The third-order valence-electron chi connectivity index (χ3n) is 5.02. The number of hydrogen-bond donors (Lipinski definition) is 3. The van der Waals surface area contributed by atoms with Crippen LogP contribution in [0.15, 0.2) is 67.3 Å². The van der Waals surface area contributed by atoms with Crippen molar-refractivity contribution in [1.29, 1.82) is 0 Å². The van der Waals surface area contributed by atoms with Gasteiger partial charge in [-0.15, -0.1) is 0 Å². The van der Waals surface area contributed by atoms with Crippen LogP contribution in [-0.4, -0.2) is 41.8 Å². The third-order valence-corrected chi connectivity index (χ3v) is 5.02. The number of rotatable bonds is 6. The van der Waals surface area contributed by atoms with Crippen molar-refractivity contribution in [3.63, 3.8) is 0 Å². The molecule has 0 fully saturated rings. The lowest BCUT2D eigenvalue weighted by Gasteiger charge is -2.18. The molecule has 0 amide bonds. The van der Waals surface area contributed by atoms with E-state index >= 15 is 0 Å². The number of aromatic nitrogens is 6. The molecule has 0 radical (unpaired) electrons. The summed E-state index contributed by atoms with van der Waals surface area (Å²) in [6.45, 7) is 0.0743. The van der Waals surface area contributed by atoms with Crippen LogP contribution in [0.5, 0.6) is 0 Å². The van der Waals surface area contributed by atoms with E-state index in [0.29, 0.717) is 18.0 Å². The lowest BCUT2D eigenvalue weighted by Crippen LogP contribution is -2.14. The Bertz CT molecular complexity index is 1300. The maximum atomic E-state index is 9.45. The van der Waals surface area contributed by atoms with Gasteiger partial charge in [0.05, 0.1) is 28.8 Å². The molecule has 1 atom stereocenters. The van der Waals surface area contributed by atoms with Gasteiger partial charge >= 0.3 is 0 Å². The minimum Gasteiger partial charge on any atom is -0.396 e. The summed E-state index contributed by atoms with van der Waals surface area (Å²) in [5.41, 5.74) is 4.36. The number of anilines is 1. The van der Waals surface area contributed by atoms with Gasteiger partial charge < -0.3 is 10.4 Å². The molecular formula is C22H19N7O. The standard InChI is InChI=1S/C22H19N7O/c30-9-8-19(14-4-2-1-3-5-14)28-22-23-11-16-10-15(6-7-18(16)27-22)20-17-12-26-29-21(17)25-13-24-20/h1-7,10-13,19,30H,8-9H2,(H,23,27,28)(H,24,25,26,29)/t19-/m1/s1. The van der Waals surface area contributed by atoms with Crippen molar-refractivity contribution in [3.05, 3.63) is 72.8 Å². The van der Waals surface area contributed by atoms with Gasteiger partial charge in [0.1, 0.15) is 6.33 Å². The van der Waals surface area contributed by atoms with Crippen molar-refractivity contribution in [2.75, 3.05) is 11.9 Å². The molecule has 0 aliphatic heterocycles. The van der Waals surface area contributed by atoms with E-state index in [1.807, 2.05) is 48.5 Å². The highest BCUT2D eigenvalue weighted by Gasteiger charge is 2.13. The monoisotopic (exact) mass is 397 g/mol. The van der Waals surface area contributed by atoms with Crippen LogP contribution in [0.1, 0.15) is 18.0 Å². The van der Waals surface area contributed by atoms with Gasteiger partial charge in [0.2, 0.25) is 5.95 Å². The molecule has 8 nitrogen and oxygen atoms in total. The number of nitrogens with one attached hydrogen (secondary N) is 2. The molecule has 148 valence electrons. The van der Waals surface area contributed by atoms with Crippen LogP contribution < -0.4 is 5.32 Å². The summed E-state index contributed by atoms with van der Waals surface area (Å²) in [7, 11) is 0. The van der Waals surface area contributed by atoms with E-state index in [0.717, 1.165) is 33.1 Å². The van der Waals surface area contributed by atoms with Crippen LogP contribution in [0, 0.1) is 0 Å². The van der Waals surface area contributed by atoms with E-state index < -0.39 is 0 Å². The van der Waals surface area contributed by atoms with Gasteiger partial charge in [-0.3, -0.25) is 5.10 Å². The molecule has 0 saturated carbocycles. The highest BCUT2D eigenvalue weighted by Crippen LogP contribution is 2.27. The van der Waals surface area contributed by atoms with E-state index in [-0.39, 0.29) is 12.6 Å². The van der Waals surface area contributed by atoms with Gasteiger partial charge in [-0.25, -0.2) is 19.9 Å². The molecular weight excluding hydrogens is 378 g/mol. The minimum atomic E-state index is -0.0664. The molecule has 0 aliphatic carbocycles. The summed E-state index contributed by atoms with van der Waals surface area (Å²) in [5.74, 6) is 0.525. The van der Waals surface area contributed by atoms with Crippen LogP contribution in [-0.2, 0) is 0 Å². The molecule has 0 aliphatic rings. The Kier molecular flexibility index (Phi) is 4.74. The smallest absolute Gasteiger partial charge is 0.223 e. The van der Waals surface area contributed by atoms with Crippen molar-refractivity contribution in [2.45, 2.75) is 12.5 Å². The molecule has 3 heterocycles. The largest absolute Gasteiger partial charge is 0.396 e. The number of aliphatic hydroxyl groups is 1. The molecule has 5 aromatic rings. The molecule has 0 bridgehead atoms. The molecule has 5 rings (SSSR count). The number of nitrogens with zero attached hydrogens (tertiary/aromatic N) is 5. The topological polar surface area (TPSA) is 112 Å². The number of H-pyrrole nitrogens is 1. The van der Waals surface area contributed by atoms with Gasteiger partial charge in [0, 0.05) is 23.8 Å². The van der Waals surface area contributed by atoms with Crippen LogP contribution in [0.25, 0.3) is 33.2 Å². The lowest BCUT2D eigenvalue weighted by atomic mass is 10.0. The van der Waals surface area contributed by atoms with Crippen molar-refractivity contribution in [3.8, 4) is 11.3 Å². The van der Waals surface area contributed by atoms with Crippen molar-refractivity contribution >= 4 is 27.9 Å². The molecule has 3 N–H and O–H groups in total. The molecule has 8 heteroatoms. The first-order valence-electron chi connectivity index (χ1n) is 9.65. The first-order valence-corrected chi connectivity index (χ1v) is 9.65. The number of aliphatic hydroxyl groups excluding tert-OH is 1. The second-order valence-corrected chi connectivity index (χ2v) is 6.94. The zero-order chi connectivity index (χ0) is 20.3. The molecule has 2 aromatic carbocycles. The highest BCUT2D eigenvalue weighted by atomic mass is 16.3. The third kappa shape index (κ3) is 3.44. The predicted octanol–water partition coefficient (Wildman–Crippen LogP) is 3.50. The fraction of sp³-hybridized carbons (Fsp3) is 0.136. The summed E-state index contributed by atoms with van der Waals surface area (Å²) in [6.07, 6.45) is 5.61. The SMILES string of the molecule is OCC[C@@H](Nc1ncc2cc(-c3ncnc4[nH]ncc34)ccc2n1)c1ccccc1. The zero-order valence-electron chi connectivity index (χ0n) is 16.0. The number of benzene rings is 2. The molecule has 30 heavy (non-hydrogen) atoms. The average molecular weight is 397 g/mol. The second-order valence-electron chi connectivity index (χ2n) is 6.94. The first-order chi connectivity index (χ1) is 14.8. The summed E-state index contributed by atoms with van der Waals surface area (Å²) in [5, 5.41) is 21.5. The fourth-order valence-electron chi connectivity index (χ4n) is 3.54. The fourth-order valence-corrected chi connectivity index (χ4v) is 3.54. The van der Waals surface area contributed by atoms with Gasteiger partial charge in [-0.1, -0.05) is 36.4 Å². The molecule has 0 unspecified atom stereocenters. The predicted molar refractivity (Wildman–Crippen MR) is 115 cm³/mol. The van der Waals surface area contributed by atoms with Gasteiger partial charge in [-0.05, 0) is 24.1 Å². The van der Waals surface area contributed by atoms with Crippen molar-refractivity contribution in [2.24, 2.45) is 0 Å². The van der Waals surface area contributed by atoms with E-state index in [2.05, 4.69) is 35.5 Å². The Hall–Kier alpha value is -3.91. The summed E-state index contributed by atoms with van der Waals surface area (Å²) in [6, 6.07) is 15.9. The highest BCUT2D eigenvalue weighted by molar-refractivity contribution is 5.93. The Morgan fingerprint density at radius 2 is 1.90 bits per heavy atom. The molecule has 3 aromatic heterocycles. The normalized spacial score (nSPS) is 12.3. The van der Waals surface area contributed by atoms with Gasteiger partial charge in [-0.2, -0.15) is 5.10 Å². The summed E-state index contributed by atoms with van der Waals surface area (Å²) < 4.78 is 0. The minimum absolute atomic E-state index is 0.0664. The summed E-state index contributed by atoms with van der Waals surface area (Å²) >= 11 is 0. The van der Waals surface area contributed by atoms with Gasteiger partial charge in [0.15, 0.2) is 5.65 Å². The number of aromatic amines is 1.